The van der Waals surface area contributed by atoms with Crippen molar-refractivity contribution in [2.24, 2.45) is 0 Å². The van der Waals surface area contributed by atoms with Crippen molar-refractivity contribution in [3.05, 3.63) is 380 Å². The molecule has 5 heteroatoms. The van der Waals surface area contributed by atoms with Crippen LogP contribution in [0.5, 0.6) is 0 Å². The van der Waals surface area contributed by atoms with E-state index in [0.717, 1.165) is 42.8 Å². The molecule has 0 saturated heterocycles. The molecule has 0 bridgehead atoms. The van der Waals surface area contributed by atoms with Crippen LogP contribution in [-0.2, 0) is 16.2 Å². The minimum Gasteiger partial charge on any atom is -0.310 e. The van der Waals surface area contributed by atoms with Crippen LogP contribution in [0.3, 0.4) is 0 Å². The van der Waals surface area contributed by atoms with Gasteiger partial charge in [-0.1, -0.05) is 323 Å². The summed E-state index contributed by atoms with van der Waals surface area (Å²) >= 11 is 0. The number of nitrogens with zero attached hydrogens (tertiary/aromatic N) is 4. The van der Waals surface area contributed by atoms with Gasteiger partial charge in [-0.3, -0.25) is 0 Å². The summed E-state index contributed by atoms with van der Waals surface area (Å²) in [7, 11) is 0. The molecule has 0 aliphatic carbocycles. The number of benzene rings is 17. The molecule has 19 aromatic rings. The number of hydrogen-bond donors (Lipinski definition) is 0. The van der Waals surface area contributed by atoms with Gasteiger partial charge in [0.1, 0.15) is 0 Å². The van der Waals surface area contributed by atoms with Gasteiger partial charge in [-0.15, -0.1) is 0 Å². The average Bonchev–Trinajstić information content (AvgIpc) is 1.30. The van der Waals surface area contributed by atoms with Crippen molar-refractivity contribution in [1.29, 1.82) is 0 Å². The molecule has 550 valence electrons. The van der Waals surface area contributed by atoms with Crippen LogP contribution >= 0.6 is 0 Å². The standard InChI is InChI=1S/C110H87BN4/c1-108(2,3)78-62-88(72-37-19-12-20-38-72)106(89(63-78)73-39-21-13-22-40-73)114-101-68-81(112-97-49-31-29-47-86(97)87-48-30-32-50-98(87)112)53-55-95(101)111-96-56-54-82(113-99-57-51-75(70-33-15-10-16-34-70)59-92(99)93-60-76(52-58-100(93)113)71-35-17-11-18-36-71)69-102(96)115(104-67-80(110(7,8)9)66-103(114)105(104)111)107-90(74-41-23-14-24-42-74)64-79(109(4,5)6)65-94(107)91-61-77-43-25-26-44-83(77)84-45-27-28-46-85(84)91/h10-69H,1-9H3/i29D,30D,31D,32D,47D,48D,49D,50D,51D,52D,53D,54D,55D,56D,57D,58D,59D,60D,68D,69D. The molecule has 4 nitrogen and oxygen atoms in total. The lowest BCUT2D eigenvalue weighted by atomic mass is 9.33. The molecule has 4 heterocycles. The Kier molecular flexibility index (Phi) is 11.8. The third-order valence-electron chi connectivity index (χ3n) is 23.0. The number of aromatic nitrogens is 2. The summed E-state index contributed by atoms with van der Waals surface area (Å²) in [5.74, 6) is 0. The Balaban J connectivity index is 1.04. The van der Waals surface area contributed by atoms with Crippen molar-refractivity contribution in [3.8, 4) is 78.1 Å². The Bertz CT molecular complexity index is 8160. The summed E-state index contributed by atoms with van der Waals surface area (Å²) in [6.07, 6.45) is 0. The second-order valence-electron chi connectivity index (χ2n) is 33.2. The summed E-state index contributed by atoms with van der Waals surface area (Å²) in [6.45, 7) is 17.3. The van der Waals surface area contributed by atoms with Gasteiger partial charge in [0, 0.05) is 77.9 Å². The van der Waals surface area contributed by atoms with E-state index in [2.05, 4.69) is 123 Å². The van der Waals surface area contributed by atoms with E-state index in [-0.39, 0.29) is 78.1 Å². The van der Waals surface area contributed by atoms with Crippen LogP contribution in [-0.4, -0.2) is 15.8 Å². The van der Waals surface area contributed by atoms with E-state index in [4.69, 9.17) is 0 Å². The third-order valence-corrected chi connectivity index (χ3v) is 23.0. The fourth-order valence-electron chi connectivity index (χ4n) is 17.2. The number of hydrogen-bond acceptors (Lipinski definition) is 2. The van der Waals surface area contributed by atoms with Crippen molar-refractivity contribution < 1.29 is 27.4 Å². The molecule has 0 unspecified atom stereocenters. The summed E-state index contributed by atoms with van der Waals surface area (Å²) in [4.78, 5) is 3.93. The minimum absolute atomic E-state index is 0.0121. The first-order valence-corrected chi connectivity index (χ1v) is 39.0. The Labute approximate surface area is 702 Å². The first-order chi connectivity index (χ1) is 64.3. The molecule has 21 rings (SSSR count). The highest BCUT2D eigenvalue weighted by Crippen LogP contribution is 2.57. The van der Waals surface area contributed by atoms with Crippen LogP contribution in [0.2, 0.25) is 0 Å². The molecular weight excluding hydrogens is 1390 g/mol. The van der Waals surface area contributed by atoms with E-state index in [1.807, 2.05) is 131 Å². The van der Waals surface area contributed by atoms with Gasteiger partial charge in [-0.2, -0.15) is 0 Å². The number of fused-ring (bicyclic) bond motifs is 13. The normalized spacial score (nSPS) is 15.3. The lowest BCUT2D eigenvalue weighted by molar-refractivity contribution is 0.590. The average molecular weight is 1500 g/mol. The summed E-state index contributed by atoms with van der Waals surface area (Å²) in [5.41, 5.74) is 5.47. The van der Waals surface area contributed by atoms with Crippen LogP contribution in [0.15, 0.2) is 364 Å². The first kappa shape index (κ1) is 51.2. The lowest BCUT2D eigenvalue weighted by Gasteiger charge is -2.47. The molecule has 0 spiro atoms. The van der Waals surface area contributed by atoms with E-state index < -0.39 is 154 Å². The van der Waals surface area contributed by atoms with Crippen LogP contribution in [0, 0.1) is 0 Å². The maximum absolute atomic E-state index is 12.3. The fourth-order valence-corrected chi connectivity index (χ4v) is 17.2. The predicted octanol–water partition coefficient (Wildman–Crippen LogP) is 28.2. The Morgan fingerprint density at radius 3 is 1.05 bits per heavy atom. The van der Waals surface area contributed by atoms with E-state index in [1.54, 1.807) is 60.7 Å². The Hall–Kier alpha value is -13.5. The zero-order chi connectivity index (χ0) is 95.2. The molecule has 2 aromatic heterocycles. The van der Waals surface area contributed by atoms with Crippen LogP contribution in [0.4, 0.5) is 34.1 Å². The Morgan fingerprint density at radius 2 is 0.617 bits per heavy atom. The van der Waals surface area contributed by atoms with E-state index >= 15 is 0 Å². The highest BCUT2D eigenvalue weighted by molar-refractivity contribution is 7.00. The number of anilines is 6. The molecule has 0 N–H and O–H groups in total. The molecule has 0 atom stereocenters. The molecule has 0 amide bonds. The number of para-hydroxylation sites is 2. The zero-order valence-electron chi connectivity index (χ0n) is 85.0. The minimum atomic E-state index is -1.65. The maximum Gasteiger partial charge on any atom is 0.252 e. The summed E-state index contributed by atoms with van der Waals surface area (Å²) in [5, 5.41) is 2.72. The van der Waals surface area contributed by atoms with Gasteiger partial charge in [-0.25, -0.2) is 0 Å². The summed E-state index contributed by atoms with van der Waals surface area (Å²) in [6, 6.07) is 65.7. The van der Waals surface area contributed by atoms with E-state index in [1.165, 1.54) is 4.57 Å². The largest absolute Gasteiger partial charge is 0.310 e. The van der Waals surface area contributed by atoms with Gasteiger partial charge in [0.05, 0.1) is 60.9 Å². The molecule has 0 radical (unpaired) electrons. The first-order valence-electron chi connectivity index (χ1n) is 49.0. The van der Waals surface area contributed by atoms with Crippen molar-refractivity contribution in [1.82, 2.24) is 9.13 Å². The van der Waals surface area contributed by atoms with Gasteiger partial charge in [-0.05, 0) is 218 Å². The topological polar surface area (TPSA) is 16.3 Å². The molecule has 17 aromatic carbocycles. The van der Waals surface area contributed by atoms with Gasteiger partial charge < -0.3 is 18.9 Å². The van der Waals surface area contributed by atoms with Crippen molar-refractivity contribution >= 4 is 122 Å². The van der Waals surface area contributed by atoms with Crippen molar-refractivity contribution in [2.75, 3.05) is 9.80 Å². The molecule has 2 aliphatic heterocycles. The molecular formula is C110H87BN4. The highest BCUT2D eigenvalue weighted by atomic mass is 15.2. The SMILES string of the molecule is [2H]c1c([2H])c(-n2c3c([2H])c([2H])c([2H])c([2H])c3c3c([2H])c([2H])c([2H])c([2H])c32)c([2H])c2c1B1c3c(cc(C(C)(C)C)cc3N(c3c(-c4ccccc4)cc(C(C)(C)C)cc3-c3cc4ccccc4c4ccccc34)c3c([2H])c(-n4c5c([2H])c([2H])c(-c6ccccc6)c([2H])c5c5c([2H])c(-c6ccccc6)c([2H])c([2H])c54)c([2H])c([2H])c31)N2c1c(-c2ccccc2)cc(C(C)(C)C)cc1-c1ccccc1. The smallest absolute Gasteiger partial charge is 0.252 e. The van der Waals surface area contributed by atoms with E-state index in [9.17, 15) is 27.4 Å². The highest BCUT2D eigenvalue weighted by Gasteiger charge is 2.47. The molecule has 2 aliphatic rings. The summed E-state index contributed by atoms with van der Waals surface area (Å²) < 4.78 is 213. The Morgan fingerprint density at radius 1 is 0.261 bits per heavy atom. The van der Waals surface area contributed by atoms with Gasteiger partial charge in [0.2, 0.25) is 0 Å². The predicted molar refractivity (Wildman–Crippen MR) is 493 cm³/mol. The monoisotopic (exact) mass is 1490 g/mol. The fraction of sp³-hybridized carbons (Fsp3) is 0.109. The van der Waals surface area contributed by atoms with Crippen LogP contribution in [0.25, 0.3) is 143 Å². The maximum atomic E-state index is 12.3. The van der Waals surface area contributed by atoms with Gasteiger partial charge in [0.15, 0.2) is 0 Å². The third kappa shape index (κ3) is 11.4. The van der Waals surface area contributed by atoms with E-state index in [0.29, 0.717) is 83.8 Å². The van der Waals surface area contributed by atoms with Crippen molar-refractivity contribution in [2.45, 2.75) is 78.6 Å². The van der Waals surface area contributed by atoms with Crippen molar-refractivity contribution in [3.63, 3.8) is 0 Å². The molecule has 0 saturated carbocycles. The molecule has 115 heavy (non-hydrogen) atoms. The van der Waals surface area contributed by atoms with Crippen LogP contribution < -0.4 is 26.2 Å². The second kappa shape index (κ2) is 26.6. The lowest BCUT2D eigenvalue weighted by Crippen LogP contribution is -2.61. The molecule has 0 fully saturated rings. The second-order valence-corrected chi connectivity index (χ2v) is 33.2. The van der Waals surface area contributed by atoms with Gasteiger partial charge in [0.25, 0.3) is 6.71 Å². The zero-order valence-corrected chi connectivity index (χ0v) is 65.0. The van der Waals surface area contributed by atoms with Crippen LogP contribution in [0.1, 0.15) is 106 Å². The quantitative estimate of drug-likeness (QED) is 0.100. The number of rotatable bonds is 10. The van der Waals surface area contributed by atoms with Gasteiger partial charge >= 0.3 is 0 Å².